The summed E-state index contributed by atoms with van der Waals surface area (Å²) in [6.45, 7) is 15.3. The number of rotatable bonds is 18. The first-order valence-corrected chi connectivity index (χ1v) is 18.1. The summed E-state index contributed by atoms with van der Waals surface area (Å²) in [7, 11) is 0. The van der Waals surface area contributed by atoms with E-state index in [1.807, 2.05) is 13.1 Å². The van der Waals surface area contributed by atoms with Crippen molar-refractivity contribution in [1.82, 2.24) is 0 Å². The van der Waals surface area contributed by atoms with E-state index in [9.17, 15) is 10.2 Å². The van der Waals surface area contributed by atoms with Crippen LogP contribution in [0.5, 0.6) is 11.5 Å². The minimum absolute atomic E-state index is 0. The number of aryl methyl sites for hydroxylation is 6. The Bertz CT molecular complexity index is 1380. The third-order valence-electron chi connectivity index (χ3n) is 8.33. The van der Waals surface area contributed by atoms with E-state index in [2.05, 4.69) is 77.9 Å². The van der Waals surface area contributed by atoms with Crippen LogP contribution < -0.4 is 10.2 Å². The minimum Gasteiger partial charge on any atom is -0.873 e. The minimum atomic E-state index is -0.391. The van der Waals surface area contributed by atoms with E-state index in [0.29, 0.717) is 0 Å². The average molecular weight is 684 g/mol. The molecule has 3 aromatic rings. The first-order valence-electron chi connectivity index (χ1n) is 18.1. The molecule has 0 bridgehead atoms. The third-order valence-corrected chi connectivity index (χ3v) is 8.33. The van der Waals surface area contributed by atoms with Crippen molar-refractivity contribution in [1.29, 1.82) is 0 Å². The van der Waals surface area contributed by atoms with Crippen molar-refractivity contribution in [3.05, 3.63) is 81.9 Å². The van der Waals surface area contributed by atoms with Crippen molar-refractivity contribution < 1.29 is 26.7 Å². The molecule has 0 saturated carbocycles. The Morgan fingerprint density at radius 3 is 1.62 bits per heavy atom. The Hall–Kier alpha value is -2.91. The second kappa shape index (κ2) is 24.3. The largest absolute Gasteiger partial charge is 2.00 e. The van der Waals surface area contributed by atoms with Gasteiger partial charge in [0.25, 0.3) is 0 Å². The van der Waals surface area contributed by atoms with Crippen LogP contribution in [-0.2, 0) is 48.6 Å². The fourth-order valence-electron chi connectivity index (χ4n) is 5.77. The van der Waals surface area contributed by atoms with Gasteiger partial charge in [0.15, 0.2) is 0 Å². The van der Waals surface area contributed by atoms with E-state index in [1.165, 1.54) is 72.9 Å². The molecule has 0 spiro atoms. The second-order valence-electron chi connectivity index (χ2n) is 12.6. The van der Waals surface area contributed by atoms with Gasteiger partial charge in [-0.3, -0.25) is 9.98 Å². The van der Waals surface area contributed by atoms with Crippen molar-refractivity contribution >= 4 is 23.3 Å². The van der Waals surface area contributed by atoms with E-state index in [-0.39, 0.29) is 22.2 Å². The average Bonchev–Trinajstić information content (AvgIpc) is 3.04. The molecule has 0 aliphatic heterocycles. The molecule has 0 amide bonds. The van der Waals surface area contributed by atoms with Crippen molar-refractivity contribution in [2.75, 3.05) is 0 Å². The molecule has 0 fully saturated rings. The van der Waals surface area contributed by atoms with Crippen LogP contribution in [-0.4, -0.2) is 11.9 Å². The van der Waals surface area contributed by atoms with Crippen molar-refractivity contribution in [2.24, 2.45) is 9.98 Å². The summed E-state index contributed by atoms with van der Waals surface area (Å²) in [6, 6.07) is 16.4. The number of unbranched alkanes of at least 4 members (excludes halogenated alkanes) is 3. The van der Waals surface area contributed by atoms with Gasteiger partial charge >= 0.3 is 16.5 Å². The van der Waals surface area contributed by atoms with Crippen LogP contribution in [0.3, 0.4) is 0 Å². The molecule has 260 valence electrons. The Morgan fingerprint density at radius 1 is 0.553 bits per heavy atom. The van der Waals surface area contributed by atoms with Crippen molar-refractivity contribution in [3.63, 3.8) is 0 Å². The zero-order chi connectivity index (χ0) is 33.7. The molecule has 0 aromatic heterocycles. The molecule has 0 saturated heterocycles. The van der Waals surface area contributed by atoms with Crippen LogP contribution in [0.2, 0.25) is 0 Å². The maximum Gasteiger partial charge on any atom is 2.00 e. The van der Waals surface area contributed by atoms with Gasteiger partial charge in [-0.25, -0.2) is 0 Å². The SMILES string of the molecule is CCCCCC(C=Nc1ccc(CCC)c(CCC)c1)=Nc1ccc(CCC)c(CCC)c1.CCCCc1cc([O-])c([O-])cc1C.[Ni+2]. The van der Waals surface area contributed by atoms with Gasteiger partial charge in [0.05, 0.1) is 17.1 Å². The Balaban J connectivity index is 0.000000661. The molecule has 0 radical (unpaired) electrons. The summed E-state index contributed by atoms with van der Waals surface area (Å²) in [6.07, 6.45) is 18.9. The van der Waals surface area contributed by atoms with Gasteiger partial charge in [-0.05, 0) is 116 Å². The van der Waals surface area contributed by atoms with Crippen molar-refractivity contribution in [3.8, 4) is 11.5 Å². The van der Waals surface area contributed by atoms with Crippen LogP contribution in [0.1, 0.15) is 139 Å². The number of hydrogen-bond donors (Lipinski definition) is 0. The number of hydrogen-bond acceptors (Lipinski definition) is 4. The molecule has 4 nitrogen and oxygen atoms in total. The van der Waals surface area contributed by atoms with Gasteiger partial charge in [-0.15, -0.1) is 11.5 Å². The molecule has 0 unspecified atom stereocenters. The van der Waals surface area contributed by atoms with Gasteiger partial charge in [-0.2, -0.15) is 0 Å². The van der Waals surface area contributed by atoms with Crippen LogP contribution in [0, 0.1) is 6.92 Å². The molecular formula is C42H60N2NiO2. The molecule has 0 atom stereocenters. The summed E-state index contributed by atoms with van der Waals surface area (Å²) in [5.74, 6) is -0.769. The number of aliphatic imine (C=N–C) groups is 2. The fraction of sp³-hybridized carbons (Fsp3) is 0.524. The van der Waals surface area contributed by atoms with E-state index in [4.69, 9.17) is 9.98 Å². The zero-order valence-corrected chi connectivity index (χ0v) is 31.3. The summed E-state index contributed by atoms with van der Waals surface area (Å²) < 4.78 is 0. The van der Waals surface area contributed by atoms with Crippen molar-refractivity contribution in [2.45, 2.75) is 145 Å². The Morgan fingerprint density at radius 2 is 1.06 bits per heavy atom. The standard InChI is InChI=1S/C31H46N2.C11H16O2.Ni/c1-6-11-12-17-31(33-30-21-19-26(14-8-3)28(23-30)16-10-5)24-32-29-20-18-25(13-7-2)27(22-29)15-9-4;1-3-4-5-9-7-11(13)10(12)6-8(9)2;/h18-24H,6-17H2,1-5H3;6-7,12-13H,3-5H2,1-2H3;/q;;+2/p-2. The van der Waals surface area contributed by atoms with E-state index < -0.39 is 5.75 Å². The molecule has 47 heavy (non-hydrogen) atoms. The maximum absolute atomic E-state index is 11.0. The normalized spacial score (nSPS) is 11.3. The molecule has 0 aliphatic rings. The first-order chi connectivity index (χ1) is 22.3. The van der Waals surface area contributed by atoms with E-state index in [0.717, 1.165) is 86.0 Å². The molecule has 0 heterocycles. The molecule has 3 rings (SSSR count). The Labute approximate surface area is 297 Å². The smallest absolute Gasteiger partial charge is 0.873 e. The van der Waals surface area contributed by atoms with E-state index >= 15 is 0 Å². The molecule has 0 N–H and O–H groups in total. The molecule has 0 aliphatic carbocycles. The summed E-state index contributed by atoms with van der Waals surface area (Å²) >= 11 is 0. The second-order valence-corrected chi connectivity index (χ2v) is 12.6. The van der Waals surface area contributed by atoms with Crippen LogP contribution in [0.4, 0.5) is 11.4 Å². The number of nitrogens with zero attached hydrogens (tertiary/aromatic N) is 2. The zero-order valence-electron chi connectivity index (χ0n) is 30.3. The van der Waals surface area contributed by atoms with Gasteiger partial charge < -0.3 is 10.2 Å². The molecule has 3 aromatic carbocycles. The molecule has 5 heteroatoms. The summed E-state index contributed by atoms with van der Waals surface area (Å²) in [5, 5.41) is 22.0. The Kier molecular flexibility index (Phi) is 21.7. The van der Waals surface area contributed by atoms with Gasteiger partial charge in [0.1, 0.15) is 0 Å². The quantitative estimate of drug-likeness (QED) is 0.0761. The predicted octanol–water partition coefficient (Wildman–Crippen LogP) is 11.0. The van der Waals surface area contributed by atoms with Gasteiger partial charge in [0, 0.05) is 6.21 Å². The number of benzene rings is 3. The maximum atomic E-state index is 11.0. The topological polar surface area (TPSA) is 70.8 Å². The monoisotopic (exact) mass is 682 g/mol. The van der Waals surface area contributed by atoms with Crippen LogP contribution >= 0.6 is 0 Å². The summed E-state index contributed by atoms with van der Waals surface area (Å²) in [4.78, 5) is 9.94. The van der Waals surface area contributed by atoms with Crippen LogP contribution in [0.15, 0.2) is 58.5 Å². The van der Waals surface area contributed by atoms with Gasteiger partial charge in [0.2, 0.25) is 0 Å². The fourth-order valence-corrected chi connectivity index (χ4v) is 5.77. The van der Waals surface area contributed by atoms with E-state index in [1.54, 1.807) is 0 Å². The summed E-state index contributed by atoms with van der Waals surface area (Å²) in [5.41, 5.74) is 11.0. The van der Waals surface area contributed by atoms with Gasteiger partial charge in [-0.1, -0.05) is 111 Å². The van der Waals surface area contributed by atoms with Crippen LogP contribution in [0.25, 0.3) is 0 Å². The first kappa shape index (κ1) is 42.1. The predicted molar refractivity (Wildman–Crippen MR) is 197 cm³/mol. The molecular weight excluding hydrogens is 623 g/mol. The third kappa shape index (κ3) is 15.2.